The molecule has 1 fully saturated rings. The molecule has 2 aromatic rings. The molecule has 1 saturated heterocycles. The zero-order valence-electron chi connectivity index (χ0n) is 21.5. The molecule has 34 heavy (non-hydrogen) atoms. The maximum atomic E-state index is 12.1. The van der Waals surface area contributed by atoms with Crippen molar-refractivity contribution < 1.29 is 23.4 Å². The van der Waals surface area contributed by atoms with Crippen molar-refractivity contribution in [3.63, 3.8) is 0 Å². The molecule has 0 bridgehead atoms. The van der Waals surface area contributed by atoms with Crippen molar-refractivity contribution in [3.05, 3.63) is 71.8 Å². The summed E-state index contributed by atoms with van der Waals surface area (Å²) in [4.78, 5) is 12.1. The first-order valence-electron chi connectivity index (χ1n) is 12.1. The van der Waals surface area contributed by atoms with Crippen LogP contribution >= 0.6 is 0 Å². The van der Waals surface area contributed by atoms with Gasteiger partial charge in [0.2, 0.25) is 0 Å². The van der Waals surface area contributed by atoms with Gasteiger partial charge in [0, 0.05) is 6.42 Å². The summed E-state index contributed by atoms with van der Waals surface area (Å²) in [6.45, 7) is 14.2. The average molecular weight is 485 g/mol. The Balaban J connectivity index is 1.77. The second-order valence-electron chi connectivity index (χ2n) is 10.9. The fourth-order valence-corrected chi connectivity index (χ4v) is 5.27. The first-order chi connectivity index (χ1) is 16.0. The minimum atomic E-state index is -2.11. The minimum Gasteiger partial charge on any atom is -0.411 e. The van der Waals surface area contributed by atoms with Crippen molar-refractivity contribution in [1.82, 2.24) is 0 Å². The molecular formula is C28H40O5Si. The van der Waals surface area contributed by atoms with E-state index in [9.17, 15) is 4.79 Å². The summed E-state index contributed by atoms with van der Waals surface area (Å²) in [6, 6.07) is 20.1. The van der Waals surface area contributed by atoms with E-state index >= 15 is 0 Å². The Morgan fingerprint density at radius 3 is 2.09 bits per heavy atom. The minimum absolute atomic E-state index is 0.0281. The highest BCUT2D eigenvalue weighted by Gasteiger charge is 2.50. The van der Waals surface area contributed by atoms with Gasteiger partial charge in [0.1, 0.15) is 11.7 Å². The molecule has 4 atom stereocenters. The van der Waals surface area contributed by atoms with Crippen LogP contribution in [0.4, 0.5) is 0 Å². The molecular weight excluding hydrogens is 444 g/mol. The predicted octanol–water partition coefficient (Wildman–Crippen LogP) is 5.93. The Labute approximate surface area is 205 Å². The number of hydrogen-bond donors (Lipinski definition) is 0. The summed E-state index contributed by atoms with van der Waals surface area (Å²) in [5.74, 6) is 0. The molecule has 0 amide bonds. The van der Waals surface area contributed by atoms with Crippen molar-refractivity contribution in [2.24, 2.45) is 0 Å². The molecule has 0 saturated carbocycles. The molecule has 0 radical (unpaired) electrons. The lowest BCUT2D eigenvalue weighted by Crippen LogP contribution is -2.61. The molecule has 2 aromatic carbocycles. The van der Waals surface area contributed by atoms with E-state index in [-0.39, 0.29) is 17.2 Å². The number of aldehydes is 1. The van der Waals surface area contributed by atoms with Gasteiger partial charge < -0.3 is 23.4 Å². The van der Waals surface area contributed by atoms with E-state index in [0.717, 1.165) is 17.4 Å². The van der Waals surface area contributed by atoms with Gasteiger partial charge in [-0.05, 0) is 36.2 Å². The van der Waals surface area contributed by atoms with E-state index in [4.69, 9.17) is 18.6 Å². The lowest BCUT2D eigenvalue weighted by Gasteiger charge is -2.49. The van der Waals surface area contributed by atoms with Crippen LogP contribution < -0.4 is 0 Å². The summed E-state index contributed by atoms with van der Waals surface area (Å²) in [7, 11) is -2.11. The molecule has 3 rings (SSSR count). The van der Waals surface area contributed by atoms with Crippen molar-refractivity contribution in [2.75, 3.05) is 6.61 Å². The third-order valence-corrected chi connectivity index (χ3v) is 11.6. The average Bonchev–Trinajstić information content (AvgIpc) is 2.79. The lowest BCUT2D eigenvalue weighted by molar-refractivity contribution is -0.240. The first kappa shape index (κ1) is 26.8. The van der Waals surface area contributed by atoms with Crippen LogP contribution in [0.2, 0.25) is 18.1 Å². The molecule has 1 aliphatic heterocycles. The Bertz CT molecular complexity index is 896. The zero-order valence-corrected chi connectivity index (χ0v) is 22.5. The van der Waals surface area contributed by atoms with Crippen molar-refractivity contribution in [3.8, 4) is 0 Å². The normalized spacial score (nSPS) is 25.8. The van der Waals surface area contributed by atoms with E-state index in [1.165, 1.54) is 0 Å². The third-order valence-electron chi connectivity index (χ3n) is 7.08. The molecule has 0 spiro atoms. The van der Waals surface area contributed by atoms with Crippen molar-refractivity contribution >= 4 is 14.6 Å². The number of carbonyl (C=O) groups excluding carboxylic acids is 1. The standard InChI is InChI=1S/C28H40O5Si/c1-27(2,3)34(5,6)33-24-17-26(31-20-23-15-11-8-12-16-23)28(4,32-25(24)18-29)21-30-19-22-13-9-7-10-14-22/h7-16,18,24-26H,17,19-21H2,1-6H3/t24-,25+,26+,28-/m0/s1. The zero-order chi connectivity index (χ0) is 24.8. The Morgan fingerprint density at radius 1 is 1.00 bits per heavy atom. The Hall–Kier alpha value is -1.83. The van der Waals surface area contributed by atoms with Crippen LogP contribution in [0.5, 0.6) is 0 Å². The number of benzene rings is 2. The van der Waals surface area contributed by atoms with Crippen LogP contribution in [0.1, 0.15) is 45.2 Å². The third kappa shape index (κ3) is 6.86. The monoisotopic (exact) mass is 484 g/mol. The molecule has 186 valence electrons. The Kier molecular flexibility index (Phi) is 8.87. The van der Waals surface area contributed by atoms with Gasteiger partial charge in [0.15, 0.2) is 14.6 Å². The second-order valence-corrected chi connectivity index (χ2v) is 15.7. The van der Waals surface area contributed by atoms with E-state index < -0.39 is 20.0 Å². The summed E-state index contributed by atoms with van der Waals surface area (Å²) >= 11 is 0. The molecule has 0 aliphatic carbocycles. The van der Waals surface area contributed by atoms with E-state index in [2.05, 4.69) is 33.9 Å². The molecule has 5 nitrogen and oxygen atoms in total. The van der Waals surface area contributed by atoms with Gasteiger partial charge >= 0.3 is 0 Å². The highest BCUT2D eigenvalue weighted by Crippen LogP contribution is 2.41. The summed E-state index contributed by atoms with van der Waals surface area (Å²) in [5, 5.41) is 0.0281. The maximum absolute atomic E-state index is 12.1. The highest BCUT2D eigenvalue weighted by atomic mass is 28.4. The van der Waals surface area contributed by atoms with Gasteiger partial charge in [-0.1, -0.05) is 81.4 Å². The number of carbonyl (C=O) groups is 1. The van der Waals surface area contributed by atoms with Crippen molar-refractivity contribution in [1.29, 1.82) is 0 Å². The summed E-state index contributed by atoms with van der Waals surface area (Å²) in [5.41, 5.74) is 1.41. The smallest absolute Gasteiger partial charge is 0.192 e. The van der Waals surface area contributed by atoms with E-state index in [0.29, 0.717) is 26.2 Å². The number of ether oxygens (including phenoxy) is 3. The van der Waals surface area contributed by atoms with Gasteiger partial charge in [-0.25, -0.2) is 0 Å². The number of rotatable bonds is 10. The fourth-order valence-electron chi connectivity index (χ4n) is 3.93. The molecule has 0 N–H and O–H groups in total. The lowest BCUT2D eigenvalue weighted by atomic mass is 9.89. The Morgan fingerprint density at radius 2 is 1.56 bits per heavy atom. The van der Waals surface area contributed by atoms with Gasteiger partial charge in [-0.15, -0.1) is 0 Å². The van der Waals surface area contributed by atoms with Crippen molar-refractivity contribution in [2.45, 2.75) is 89.4 Å². The van der Waals surface area contributed by atoms with Gasteiger partial charge in [-0.2, -0.15) is 0 Å². The second kappa shape index (κ2) is 11.3. The predicted molar refractivity (Wildman–Crippen MR) is 137 cm³/mol. The van der Waals surface area contributed by atoms with E-state index in [1.54, 1.807) is 0 Å². The van der Waals surface area contributed by atoms with Gasteiger partial charge in [0.05, 0.1) is 32.0 Å². The van der Waals surface area contributed by atoms with Crippen LogP contribution in [0, 0.1) is 0 Å². The summed E-state index contributed by atoms with van der Waals surface area (Å²) in [6.07, 6.45) is 0.168. The molecule has 6 heteroatoms. The van der Waals surface area contributed by atoms with Crippen LogP contribution in [0.25, 0.3) is 0 Å². The van der Waals surface area contributed by atoms with Gasteiger partial charge in [0.25, 0.3) is 0 Å². The molecule has 1 heterocycles. The first-order valence-corrected chi connectivity index (χ1v) is 15.0. The highest BCUT2D eigenvalue weighted by molar-refractivity contribution is 6.74. The largest absolute Gasteiger partial charge is 0.411 e. The molecule has 1 aliphatic rings. The van der Waals surface area contributed by atoms with Crippen LogP contribution in [-0.2, 0) is 36.6 Å². The van der Waals surface area contributed by atoms with Crippen LogP contribution in [0.15, 0.2) is 60.7 Å². The van der Waals surface area contributed by atoms with Crippen LogP contribution in [-0.4, -0.2) is 45.1 Å². The quantitative estimate of drug-likeness (QED) is 0.309. The van der Waals surface area contributed by atoms with E-state index in [1.807, 2.05) is 67.6 Å². The topological polar surface area (TPSA) is 54.0 Å². The molecule has 0 aromatic heterocycles. The van der Waals surface area contributed by atoms with Gasteiger partial charge in [-0.3, -0.25) is 0 Å². The summed E-state index contributed by atoms with van der Waals surface area (Å²) < 4.78 is 25.6. The number of hydrogen-bond acceptors (Lipinski definition) is 5. The SMILES string of the molecule is CC(C)(C)[Si](C)(C)O[C@H]1C[C@@H](OCc2ccccc2)[C@](C)(COCc2ccccc2)O[C@@H]1C=O. The molecule has 0 unspecified atom stereocenters. The van der Waals surface area contributed by atoms with Crippen LogP contribution in [0.3, 0.4) is 0 Å². The fraction of sp³-hybridized carbons (Fsp3) is 0.536. The maximum Gasteiger partial charge on any atom is 0.192 e.